The van der Waals surface area contributed by atoms with E-state index in [1.54, 1.807) is 42.7 Å². The number of sulfone groups is 1. The normalized spacial score (nSPS) is 12.0. The third-order valence-corrected chi connectivity index (χ3v) is 7.17. The highest BCUT2D eigenvalue weighted by molar-refractivity contribution is 7.93. The zero-order valence-electron chi connectivity index (χ0n) is 16.0. The second-order valence-electron chi connectivity index (χ2n) is 6.83. The second kappa shape index (κ2) is 7.55. The Morgan fingerprint density at radius 3 is 2.13 bits per heavy atom. The van der Waals surface area contributed by atoms with Crippen LogP contribution in [0.2, 0.25) is 0 Å². The molecule has 0 aliphatic heterocycles. The van der Waals surface area contributed by atoms with Crippen LogP contribution in [0.1, 0.15) is 0 Å². The molecule has 8 heteroatoms. The number of rotatable bonds is 5. The molecule has 0 radical (unpaired) electrons. The van der Waals surface area contributed by atoms with E-state index in [2.05, 4.69) is 9.71 Å². The van der Waals surface area contributed by atoms with Crippen LogP contribution in [-0.4, -0.2) is 28.1 Å². The first-order valence-electron chi connectivity index (χ1n) is 9.00. The minimum atomic E-state index is -3.99. The molecule has 0 spiro atoms. The van der Waals surface area contributed by atoms with Crippen LogP contribution in [0.5, 0.6) is 0 Å². The quantitative estimate of drug-likeness (QED) is 0.506. The third kappa shape index (κ3) is 4.05. The molecule has 6 nitrogen and oxygen atoms in total. The molecule has 152 valence electrons. The highest BCUT2D eigenvalue weighted by Gasteiger charge is 2.21. The van der Waals surface area contributed by atoms with Gasteiger partial charge in [-0.15, -0.1) is 0 Å². The molecule has 4 rings (SSSR count). The molecule has 0 amide bonds. The molecule has 0 aliphatic rings. The summed E-state index contributed by atoms with van der Waals surface area (Å²) in [4.78, 5) is 3.91. The van der Waals surface area contributed by atoms with Gasteiger partial charge in [0.1, 0.15) is 0 Å². The van der Waals surface area contributed by atoms with Gasteiger partial charge in [0.15, 0.2) is 9.84 Å². The van der Waals surface area contributed by atoms with Gasteiger partial charge in [0.25, 0.3) is 10.0 Å². The number of fused-ring (bicyclic) bond motifs is 1. The summed E-state index contributed by atoms with van der Waals surface area (Å²) in [7, 11) is -7.69. The van der Waals surface area contributed by atoms with Crippen molar-refractivity contribution in [3.05, 3.63) is 85.2 Å². The molecule has 0 aliphatic carbocycles. The van der Waals surface area contributed by atoms with E-state index in [1.165, 1.54) is 18.2 Å². The van der Waals surface area contributed by atoms with E-state index in [0.717, 1.165) is 22.6 Å². The summed E-state index contributed by atoms with van der Waals surface area (Å²) in [5.74, 6) is 0. The van der Waals surface area contributed by atoms with Gasteiger partial charge in [0.05, 0.1) is 15.5 Å². The number of benzene rings is 3. The molecule has 1 N–H and O–H groups in total. The van der Waals surface area contributed by atoms with Crippen LogP contribution >= 0.6 is 0 Å². The van der Waals surface area contributed by atoms with Crippen molar-refractivity contribution in [2.75, 3.05) is 11.0 Å². The van der Waals surface area contributed by atoms with Crippen LogP contribution < -0.4 is 4.72 Å². The van der Waals surface area contributed by atoms with Crippen LogP contribution in [-0.2, 0) is 19.9 Å². The summed E-state index contributed by atoms with van der Waals surface area (Å²) >= 11 is 0. The van der Waals surface area contributed by atoms with Gasteiger partial charge in [-0.05, 0) is 58.3 Å². The van der Waals surface area contributed by atoms with Gasteiger partial charge >= 0.3 is 0 Å². The Labute approximate surface area is 175 Å². The fraction of sp³-hybridized carbons (Fsp3) is 0.0455. The fourth-order valence-electron chi connectivity index (χ4n) is 3.18. The van der Waals surface area contributed by atoms with Crippen LogP contribution in [0.25, 0.3) is 21.9 Å². The first kappa shape index (κ1) is 20.1. The summed E-state index contributed by atoms with van der Waals surface area (Å²) in [6.45, 7) is 0. The monoisotopic (exact) mass is 438 g/mol. The lowest BCUT2D eigenvalue weighted by Crippen LogP contribution is -2.15. The van der Waals surface area contributed by atoms with Gasteiger partial charge in [0, 0.05) is 18.6 Å². The Balaban J connectivity index is 1.77. The Bertz CT molecular complexity index is 1450. The maximum atomic E-state index is 13.0. The topological polar surface area (TPSA) is 93.2 Å². The van der Waals surface area contributed by atoms with Crippen molar-refractivity contribution in [2.24, 2.45) is 0 Å². The van der Waals surface area contributed by atoms with Gasteiger partial charge in [0.2, 0.25) is 0 Å². The lowest BCUT2D eigenvalue weighted by molar-refractivity contribution is 0.601. The van der Waals surface area contributed by atoms with Crippen LogP contribution in [0, 0.1) is 0 Å². The van der Waals surface area contributed by atoms with E-state index in [1.807, 2.05) is 24.3 Å². The zero-order valence-corrected chi connectivity index (χ0v) is 17.6. The molecule has 30 heavy (non-hydrogen) atoms. The average molecular weight is 439 g/mol. The number of pyridine rings is 1. The molecule has 3 aromatic carbocycles. The predicted octanol–water partition coefficient (Wildman–Crippen LogP) is 4.11. The minimum Gasteiger partial charge on any atom is -0.278 e. The van der Waals surface area contributed by atoms with Crippen molar-refractivity contribution in [3.63, 3.8) is 0 Å². The molecule has 0 bridgehead atoms. The van der Waals surface area contributed by atoms with E-state index < -0.39 is 19.9 Å². The standard InChI is InChI=1S/C22H18N2O4S2/c1-29(25,26)22-15-19(17-10-12-23-13-11-17)7-9-21(22)24-30(27,28)20-8-6-16-4-2-3-5-18(16)14-20/h2-15,24H,1H3. The molecular formula is C22H18N2O4S2. The number of nitrogens with zero attached hydrogens (tertiary/aromatic N) is 1. The van der Waals surface area contributed by atoms with Crippen molar-refractivity contribution in [1.29, 1.82) is 0 Å². The Morgan fingerprint density at radius 2 is 1.43 bits per heavy atom. The van der Waals surface area contributed by atoms with E-state index in [9.17, 15) is 16.8 Å². The summed E-state index contributed by atoms with van der Waals surface area (Å²) in [6.07, 6.45) is 4.25. The maximum absolute atomic E-state index is 13.0. The first-order valence-corrected chi connectivity index (χ1v) is 12.4. The van der Waals surface area contributed by atoms with E-state index >= 15 is 0 Å². The summed E-state index contributed by atoms with van der Waals surface area (Å²) in [5.41, 5.74) is 1.42. The Kier molecular flexibility index (Phi) is 5.05. The molecule has 0 unspecified atom stereocenters. The summed E-state index contributed by atoms with van der Waals surface area (Å²) < 4.78 is 53.1. The SMILES string of the molecule is CS(=O)(=O)c1cc(-c2ccncc2)ccc1NS(=O)(=O)c1ccc2ccccc2c1. The smallest absolute Gasteiger partial charge is 0.261 e. The molecule has 0 saturated heterocycles. The van der Waals surface area contributed by atoms with Gasteiger partial charge in [-0.1, -0.05) is 36.4 Å². The molecule has 1 heterocycles. The van der Waals surface area contributed by atoms with Crippen LogP contribution in [0.15, 0.2) is 95.0 Å². The van der Waals surface area contributed by atoms with Crippen LogP contribution in [0.3, 0.4) is 0 Å². The van der Waals surface area contributed by atoms with Crippen molar-refractivity contribution >= 4 is 36.3 Å². The second-order valence-corrected chi connectivity index (χ2v) is 10.5. The maximum Gasteiger partial charge on any atom is 0.261 e. The zero-order chi connectivity index (χ0) is 21.4. The molecular weight excluding hydrogens is 420 g/mol. The summed E-state index contributed by atoms with van der Waals surface area (Å²) in [5, 5.41) is 1.69. The predicted molar refractivity (Wildman–Crippen MR) is 118 cm³/mol. The number of nitrogens with one attached hydrogen (secondary N) is 1. The number of hydrogen-bond acceptors (Lipinski definition) is 5. The van der Waals surface area contributed by atoms with E-state index in [4.69, 9.17) is 0 Å². The van der Waals surface area contributed by atoms with Gasteiger partial charge < -0.3 is 0 Å². The van der Waals surface area contributed by atoms with Gasteiger partial charge in [-0.25, -0.2) is 16.8 Å². The van der Waals surface area contributed by atoms with Gasteiger partial charge in [-0.2, -0.15) is 0 Å². The number of sulfonamides is 1. The first-order chi connectivity index (χ1) is 14.2. The van der Waals surface area contributed by atoms with Crippen LogP contribution in [0.4, 0.5) is 5.69 Å². The molecule has 0 atom stereocenters. The van der Waals surface area contributed by atoms with Crippen molar-refractivity contribution in [3.8, 4) is 11.1 Å². The van der Waals surface area contributed by atoms with E-state index in [-0.39, 0.29) is 15.5 Å². The highest BCUT2D eigenvalue weighted by atomic mass is 32.2. The fourth-order valence-corrected chi connectivity index (χ4v) is 5.21. The van der Waals surface area contributed by atoms with Crippen molar-refractivity contribution in [1.82, 2.24) is 4.98 Å². The van der Waals surface area contributed by atoms with Crippen molar-refractivity contribution in [2.45, 2.75) is 9.79 Å². The molecule has 0 saturated carbocycles. The van der Waals surface area contributed by atoms with E-state index in [0.29, 0.717) is 5.56 Å². The Morgan fingerprint density at radius 1 is 0.733 bits per heavy atom. The minimum absolute atomic E-state index is 0.00321. The lowest BCUT2D eigenvalue weighted by atomic mass is 10.1. The average Bonchev–Trinajstić information content (AvgIpc) is 2.73. The number of aromatic nitrogens is 1. The third-order valence-electron chi connectivity index (χ3n) is 4.67. The highest BCUT2D eigenvalue weighted by Crippen LogP contribution is 2.30. The molecule has 0 fully saturated rings. The largest absolute Gasteiger partial charge is 0.278 e. The summed E-state index contributed by atoms with van der Waals surface area (Å²) in [6, 6.07) is 20.3. The van der Waals surface area contributed by atoms with Gasteiger partial charge in [-0.3, -0.25) is 9.71 Å². The number of anilines is 1. The van der Waals surface area contributed by atoms with Crippen molar-refractivity contribution < 1.29 is 16.8 Å². The Hall–Kier alpha value is -3.23. The molecule has 4 aromatic rings. The number of hydrogen-bond donors (Lipinski definition) is 1. The molecule has 1 aromatic heterocycles. The lowest BCUT2D eigenvalue weighted by Gasteiger charge is -2.14.